The number of hydrogen-bond acceptors (Lipinski definition) is 3. The number of anilines is 1. The van der Waals surface area contributed by atoms with Crippen molar-refractivity contribution < 1.29 is 4.79 Å². The van der Waals surface area contributed by atoms with E-state index in [1.807, 2.05) is 23.7 Å². The lowest BCUT2D eigenvalue weighted by atomic mass is 9.87. The van der Waals surface area contributed by atoms with Crippen LogP contribution in [0, 0.1) is 5.92 Å². The predicted molar refractivity (Wildman–Crippen MR) is 81.7 cm³/mol. The summed E-state index contributed by atoms with van der Waals surface area (Å²) in [5, 5.41) is 5.58. The van der Waals surface area contributed by atoms with Gasteiger partial charge in [-0.05, 0) is 30.9 Å². The summed E-state index contributed by atoms with van der Waals surface area (Å²) >= 11 is 1.48. The summed E-state index contributed by atoms with van der Waals surface area (Å²) in [5.41, 5.74) is 1.86. The molecule has 0 radical (unpaired) electrons. The first-order valence-corrected chi connectivity index (χ1v) is 8.08. The number of nitrogens with zero attached hydrogens (tertiary/aromatic N) is 1. The number of H-pyrrole nitrogens is 1. The van der Waals surface area contributed by atoms with E-state index in [0.717, 1.165) is 11.4 Å². The Morgan fingerprint density at radius 3 is 3.00 bits per heavy atom. The van der Waals surface area contributed by atoms with Crippen LogP contribution in [0.2, 0.25) is 0 Å². The van der Waals surface area contributed by atoms with E-state index in [0.29, 0.717) is 17.5 Å². The Morgan fingerprint density at radius 1 is 1.40 bits per heavy atom. The number of aromatic nitrogens is 2. The molecule has 1 aliphatic carbocycles. The predicted octanol–water partition coefficient (Wildman–Crippen LogP) is 4.05. The quantitative estimate of drug-likeness (QED) is 0.892. The van der Waals surface area contributed by atoms with E-state index >= 15 is 0 Å². The van der Waals surface area contributed by atoms with Crippen LogP contribution in [-0.4, -0.2) is 15.9 Å². The number of rotatable bonds is 4. The van der Waals surface area contributed by atoms with Crippen molar-refractivity contribution >= 4 is 22.4 Å². The van der Waals surface area contributed by atoms with Gasteiger partial charge in [0.2, 0.25) is 5.91 Å². The highest BCUT2D eigenvalue weighted by molar-refractivity contribution is 7.14. The minimum atomic E-state index is 0.101. The number of amides is 1. The molecule has 1 amide bonds. The summed E-state index contributed by atoms with van der Waals surface area (Å²) in [6.45, 7) is 0. The average Bonchev–Trinajstić information content (AvgIpc) is 3.10. The molecule has 0 saturated heterocycles. The van der Waals surface area contributed by atoms with Gasteiger partial charge < -0.3 is 10.3 Å². The molecule has 2 aromatic rings. The van der Waals surface area contributed by atoms with Gasteiger partial charge in [0.15, 0.2) is 5.13 Å². The maximum Gasteiger partial charge on any atom is 0.226 e. The molecule has 1 aliphatic rings. The summed E-state index contributed by atoms with van der Waals surface area (Å²) in [6, 6.07) is 3.92. The average molecular weight is 289 g/mol. The molecule has 2 heterocycles. The van der Waals surface area contributed by atoms with Crippen LogP contribution in [0.1, 0.15) is 38.5 Å². The fourth-order valence-corrected chi connectivity index (χ4v) is 3.50. The minimum Gasteiger partial charge on any atom is -0.360 e. The summed E-state index contributed by atoms with van der Waals surface area (Å²) < 4.78 is 0. The van der Waals surface area contributed by atoms with Crippen molar-refractivity contribution in [3.63, 3.8) is 0 Å². The summed E-state index contributed by atoms with van der Waals surface area (Å²) in [7, 11) is 0. The van der Waals surface area contributed by atoms with Gasteiger partial charge in [0.1, 0.15) is 0 Å². The van der Waals surface area contributed by atoms with Crippen molar-refractivity contribution in [1.29, 1.82) is 0 Å². The zero-order chi connectivity index (χ0) is 13.8. The Morgan fingerprint density at radius 2 is 2.25 bits per heavy atom. The molecule has 1 fully saturated rings. The molecule has 5 heteroatoms. The Hall–Kier alpha value is -1.62. The number of thiazole rings is 1. The molecular weight excluding hydrogens is 270 g/mol. The maximum atomic E-state index is 12.0. The first-order valence-electron chi connectivity index (χ1n) is 7.20. The third-order valence-electron chi connectivity index (χ3n) is 3.82. The van der Waals surface area contributed by atoms with Gasteiger partial charge in [0.25, 0.3) is 0 Å². The monoisotopic (exact) mass is 289 g/mol. The van der Waals surface area contributed by atoms with Gasteiger partial charge in [-0.1, -0.05) is 19.3 Å². The van der Waals surface area contributed by atoms with E-state index in [1.165, 1.54) is 43.4 Å². The minimum absolute atomic E-state index is 0.101. The van der Waals surface area contributed by atoms with Crippen LogP contribution in [0.15, 0.2) is 23.7 Å². The number of carbonyl (C=O) groups excluding carboxylic acids is 1. The van der Waals surface area contributed by atoms with Crippen molar-refractivity contribution in [2.75, 3.05) is 5.32 Å². The normalized spacial score (nSPS) is 16.2. The second-order valence-corrected chi connectivity index (χ2v) is 6.24. The fraction of sp³-hybridized carbons (Fsp3) is 0.467. The molecule has 0 spiro atoms. The molecule has 0 bridgehead atoms. The molecule has 0 aliphatic heterocycles. The first-order chi connectivity index (χ1) is 9.81. The van der Waals surface area contributed by atoms with E-state index in [9.17, 15) is 4.79 Å². The highest BCUT2D eigenvalue weighted by Gasteiger charge is 2.17. The van der Waals surface area contributed by atoms with E-state index in [2.05, 4.69) is 15.3 Å². The molecule has 20 heavy (non-hydrogen) atoms. The second kappa shape index (κ2) is 6.22. The first kappa shape index (κ1) is 13.4. The molecule has 0 unspecified atom stereocenters. The van der Waals surface area contributed by atoms with E-state index < -0.39 is 0 Å². The summed E-state index contributed by atoms with van der Waals surface area (Å²) in [5.74, 6) is 0.663. The smallest absolute Gasteiger partial charge is 0.226 e. The lowest BCUT2D eigenvalue weighted by Gasteiger charge is -2.20. The van der Waals surface area contributed by atoms with Gasteiger partial charge in [-0.3, -0.25) is 4.79 Å². The Kier molecular flexibility index (Phi) is 4.16. The van der Waals surface area contributed by atoms with Crippen LogP contribution in [-0.2, 0) is 4.79 Å². The molecule has 2 N–H and O–H groups in total. The number of carbonyl (C=O) groups is 1. The largest absolute Gasteiger partial charge is 0.360 e. The third kappa shape index (κ3) is 3.28. The van der Waals surface area contributed by atoms with Crippen LogP contribution < -0.4 is 5.32 Å². The van der Waals surface area contributed by atoms with Gasteiger partial charge in [0, 0.05) is 18.0 Å². The number of nitrogens with one attached hydrogen (secondary N) is 2. The molecular formula is C15H19N3OS. The zero-order valence-electron chi connectivity index (χ0n) is 11.4. The Labute approximate surface area is 122 Å². The van der Waals surface area contributed by atoms with Crippen LogP contribution in [0.5, 0.6) is 0 Å². The van der Waals surface area contributed by atoms with Crippen LogP contribution in [0.4, 0.5) is 5.13 Å². The molecule has 0 atom stereocenters. The standard InChI is InChI=1S/C15H19N3OS/c19-14(9-11-5-2-1-3-6-11)18-15-17-13(10-20-15)12-7-4-8-16-12/h4,7-8,10-11,16H,1-3,5-6,9H2,(H,17,18,19). The fourth-order valence-electron chi connectivity index (χ4n) is 2.77. The zero-order valence-corrected chi connectivity index (χ0v) is 12.2. The highest BCUT2D eigenvalue weighted by Crippen LogP contribution is 2.27. The van der Waals surface area contributed by atoms with Crippen molar-refractivity contribution in [2.45, 2.75) is 38.5 Å². The van der Waals surface area contributed by atoms with Crippen LogP contribution in [0.25, 0.3) is 11.4 Å². The highest BCUT2D eigenvalue weighted by atomic mass is 32.1. The van der Waals surface area contributed by atoms with Crippen LogP contribution >= 0.6 is 11.3 Å². The van der Waals surface area contributed by atoms with Gasteiger partial charge in [-0.25, -0.2) is 4.98 Å². The van der Waals surface area contributed by atoms with E-state index in [-0.39, 0.29) is 5.91 Å². The molecule has 3 rings (SSSR count). The lowest BCUT2D eigenvalue weighted by Crippen LogP contribution is -2.18. The van der Waals surface area contributed by atoms with Crippen molar-refractivity contribution in [2.24, 2.45) is 5.92 Å². The molecule has 2 aromatic heterocycles. The lowest BCUT2D eigenvalue weighted by molar-refractivity contribution is -0.117. The van der Waals surface area contributed by atoms with Crippen molar-refractivity contribution in [3.8, 4) is 11.4 Å². The number of aromatic amines is 1. The molecule has 4 nitrogen and oxygen atoms in total. The van der Waals surface area contributed by atoms with Gasteiger partial charge in [0.05, 0.1) is 11.4 Å². The molecule has 1 saturated carbocycles. The van der Waals surface area contributed by atoms with Crippen molar-refractivity contribution in [1.82, 2.24) is 9.97 Å². The molecule has 0 aromatic carbocycles. The van der Waals surface area contributed by atoms with Gasteiger partial charge >= 0.3 is 0 Å². The Bertz CT molecular complexity index is 555. The summed E-state index contributed by atoms with van der Waals surface area (Å²) in [4.78, 5) is 19.6. The number of hydrogen-bond donors (Lipinski definition) is 2. The third-order valence-corrected chi connectivity index (χ3v) is 4.58. The molecule has 106 valence electrons. The second-order valence-electron chi connectivity index (χ2n) is 5.38. The maximum absolute atomic E-state index is 12.0. The van der Waals surface area contributed by atoms with Gasteiger partial charge in [-0.2, -0.15) is 0 Å². The van der Waals surface area contributed by atoms with E-state index in [1.54, 1.807) is 0 Å². The van der Waals surface area contributed by atoms with Gasteiger partial charge in [-0.15, -0.1) is 11.3 Å². The summed E-state index contributed by atoms with van der Waals surface area (Å²) in [6.07, 6.45) is 8.76. The van der Waals surface area contributed by atoms with E-state index in [4.69, 9.17) is 0 Å². The van der Waals surface area contributed by atoms with Crippen LogP contribution in [0.3, 0.4) is 0 Å². The topological polar surface area (TPSA) is 57.8 Å². The Balaban J connectivity index is 1.56. The SMILES string of the molecule is O=C(CC1CCCCC1)Nc1nc(-c2ccc[nH]2)cs1. The van der Waals surface area contributed by atoms with Crippen molar-refractivity contribution in [3.05, 3.63) is 23.7 Å².